The lowest BCUT2D eigenvalue weighted by molar-refractivity contribution is -0.116. The van der Waals surface area contributed by atoms with E-state index in [1.165, 1.54) is 5.01 Å². The summed E-state index contributed by atoms with van der Waals surface area (Å²) in [4.78, 5) is 28.7. The fraction of sp³-hybridized carbons (Fsp3) is 0.250. The van der Waals surface area contributed by atoms with Crippen LogP contribution in [0.25, 0.3) is 0 Å². The summed E-state index contributed by atoms with van der Waals surface area (Å²) in [5, 5.41) is 17.5. The molecule has 35 heavy (non-hydrogen) atoms. The lowest BCUT2D eigenvalue weighted by Crippen LogP contribution is -2.31. The van der Waals surface area contributed by atoms with Crippen LogP contribution in [0.1, 0.15) is 39.2 Å². The first-order valence-corrected chi connectivity index (χ1v) is 12.0. The van der Waals surface area contributed by atoms with Gasteiger partial charge in [-0.2, -0.15) is 10.1 Å². The third kappa shape index (κ3) is 3.43. The summed E-state index contributed by atoms with van der Waals surface area (Å²) in [5.41, 5.74) is 4.05. The Balaban J connectivity index is 1.57. The highest BCUT2D eigenvalue weighted by atomic mass is 35.5. The van der Waals surface area contributed by atoms with Crippen LogP contribution in [-0.2, 0) is 15.0 Å². The fourth-order valence-electron chi connectivity index (χ4n) is 5.04. The van der Waals surface area contributed by atoms with Crippen LogP contribution >= 0.6 is 11.6 Å². The zero-order valence-electron chi connectivity index (χ0n) is 20.1. The zero-order valence-corrected chi connectivity index (χ0v) is 20.8. The minimum absolute atomic E-state index is 0.0477. The van der Waals surface area contributed by atoms with Gasteiger partial charge in [0.15, 0.2) is 0 Å². The van der Waals surface area contributed by atoms with E-state index < -0.39 is 11.3 Å². The highest BCUT2D eigenvalue weighted by Gasteiger charge is 2.45. The predicted molar refractivity (Wildman–Crippen MR) is 139 cm³/mol. The lowest BCUT2D eigenvalue weighted by Gasteiger charge is -2.27. The molecule has 5 rings (SSSR count). The molecule has 0 bridgehead atoms. The average Bonchev–Trinajstić information content (AvgIpc) is 3.24. The molecular weight excluding hydrogens is 462 g/mol. The number of nitrogens with zero attached hydrogens (tertiary/aromatic N) is 3. The van der Waals surface area contributed by atoms with E-state index >= 15 is 0 Å². The van der Waals surface area contributed by atoms with Gasteiger partial charge in [-0.05, 0) is 48.4 Å². The molecular formula is C28H26ClN3O3. The molecule has 0 atom stereocenters. The number of benzene rings is 2. The summed E-state index contributed by atoms with van der Waals surface area (Å²) >= 11 is 6.24. The Labute approximate surface area is 209 Å². The normalized spacial score (nSPS) is 22.2. The molecule has 0 unspecified atom stereocenters. The molecule has 2 aliphatic heterocycles. The van der Waals surface area contributed by atoms with E-state index in [0.29, 0.717) is 22.8 Å². The second-order valence-electron chi connectivity index (χ2n) is 9.47. The number of hydrogen-bond donors (Lipinski definition) is 1. The summed E-state index contributed by atoms with van der Waals surface area (Å²) in [6.07, 6.45) is 3.00. The summed E-state index contributed by atoms with van der Waals surface area (Å²) < 4.78 is 0. The van der Waals surface area contributed by atoms with E-state index in [1.807, 2.05) is 55.3 Å². The van der Waals surface area contributed by atoms with Crippen LogP contribution in [0.15, 0.2) is 87.9 Å². The molecule has 1 amide bonds. The number of hydrazone groups is 1. The van der Waals surface area contributed by atoms with Gasteiger partial charge in [-0.25, -0.2) is 0 Å². The topological polar surface area (TPSA) is 73.2 Å². The van der Waals surface area contributed by atoms with Crippen LogP contribution in [0.4, 0.5) is 11.4 Å². The van der Waals surface area contributed by atoms with E-state index in [9.17, 15) is 14.7 Å². The van der Waals surface area contributed by atoms with Crippen molar-refractivity contribution in [1.29, 1.82) is 0 Å². The standard InChI is InChI=1S/C28H26ClN3O3/c1-5-9-20-23(27(35)32(30-20)17-10-7-6-8-11-17)24-25(33)18(26(24)34)15-22-28(2,3)19-14-16(29)12-13-21(19)31(22)4/h6-8,10-15,33H,5,9H2,1-4H3. The third-order valence-electron chi connectivity index (χ3n) is 6.89. The maximum absolute atomic E-state index is 13.3. The molecule has 0 radical (unpaired) electrons. The smallest absolute Gasteiger partial charge is 0.281 e. The fourth-order valence-corrected chi connectivity index (χ4v) is 5.21. The molecule has 1 N–H and O–H groups in total. The number of aliphatic hydroxyl groups excluding tert-OH is 1. The van der Waals surface area contributed by atoms with Gasteiger partial charge in [0, 0.05) is 28.9 Å². The number of Topliss-reactive ketones (excluding diaryl/α,β-unsaturated/α-hetero) is 1. The monoisotopic (exact) mass is 487 g/mol. The number of ketones is 1. The van der Waals surface area contributed by atoms with Gasteiger partial charge in [0.1, 0.15) is 5.76 Å². The van der Waals surface area contributed by atoms with Crippen LogP contribution in [0.2, 0.25) is 5.02 Å². The molecule has 2 aromatic rings. The molecule has 7 heteroatoms. The van der Waals surface area contributed by atoms with Crippen molar-refractivity contribution in [3.8, 4) is 0 Å². The Morgan fingerprint density at radius 3 is 2.46 bits per heavy atom. The van der Waals surface area contributed by atoms with Crippen molar-refractivity contribution in [2.45, 2.75) is 39.0 Å². The number of fused-ring (bicyclic) bond motifs is 1. The Hall–Kier alpha value is -3.64. The van der Waals surface area contributed by atoms with Crippen molar-refractivity contribution in [3.63, 3.8) is 0 Å². The van der Waals surface area contributed by atoms with Crippen molar-refractivity contribution >= 4 is 40.4 Å². The Bertz CT molecular complexity index is 1400. The van der Waals surface area contributed by atoms with E-state index in [2.05, 4.69) is 18.9 Å². The van der Waals surface area contributed by atoms with Crippen LogP contribution in [0, 0.1) is 0 Å². The summed E-state index contributed by atoms with van der Waals surface area (Å²) in [7, 11) is 1.93. The van der Waals surface area contributed by atoms with Gasteiger partial charge in [0.25, 0.3) is 5.91 Å². The van der Waals surface area contributed by atoms with E-state index in [1.54, 1.807) is 18.2 Å². The third-order valence-corrected chi connectivity index (χ3v) is 7.13. The Morgan fingerprint density at radius 2 is 1.80 bits per heavy atom. The highest BCUT2D eigenvalue weighted by molar-refractivity contribution is 6.37. The highest BCUT2D eigenvalue weighted by Crippen LogP contribution is 2.49. The van der Waals surface area contributed by atoms with Gasteiger partial charge < -0.3 is 10.0 Å². The predicted octanol–water partition coefficient (Wildman–Crippen LogP) is 5.85. The number of aliphatic hydroxyl groups is 1. The molecule has 6 nitrogen and oxygen atoms in total. The molecule has 0 fully saturated rings. The van der Waals surface area contributed by atoms with Crippen LogP contribution < -0.4 is 9.91 Å². The number of halogens is 1. The largest absolute Gasteiger partial charge is 0.506 e. The number of carbonyl (C=O) groups is 2. The number of rotatable bonds is 4. The van der Waals surface area contributed by atoms with Crippen molar-refractivity contribution in [2.24, 2.45) is 5.10 Å². The van der Waals surface area contributed by atoms with Gasteiger partial charge in [0.05, 0.1) is 28.1 Å². The van der Waals surface area contributed by atoms with E-state index in [-0.39, 0.29) is 28.3 Å². The van der Waals surface area contributed by atoms with Gasteiger partial charge in [-0.3, -0.25) is 9.59 Å². The molecule has 2 aromatic carbocycles. The lowest BCUT2D eigenvalue weighted by atomic mass is 9.78. The molecule has 1 aliphatic carbocycles. The van der Waals surface area contributed by atoms with Gasteiger partial charge in [-0.15, -0.1) is 0 Å². The van der Waals surface area contributed by atoms with E-state index in [0.717, 1.165) is 23.4 Å². The van der Waals surface area contributed by atoms with Crippen molar-refractivity contribution in [2.75, 3.05) is 17.0 Å². The quantitative estimate of drug-likeness (QED) is 0.549. The summed E-state index contributed by atoms with van der Waals surface area (Å²) in [6.45, 7) is 6.10. The molecule has 0 aromatic heterocycles. The summed E-state index contributed by atoms with van der Waals surface area (Å²) in [6, 6.07) is 14.8. The van der Waals surface area contributed by atoms with Crippen molar-refractivity contribution in [3.05, 3.63) is 93.4 Å². The maximum Gasteiger partial charge on any atom is 0.281 e. The van der Waals surface area contributed by atoms with Crippen LogP contribution in [0.3, 0.4) is 0 Å². The second-order valence-corrected chi connectivity index (χ2v) is 9.90. The average molecular weight is 488 g/mol. The molecule has 0 spiro atoms. The van der Waals surface area contributed by atoms with E-state index in [4.69, 9.17) is 11.6 Å². The Morgan fingerprint density at radius 1 is 1.09 bits per heavy atom. The number of amides is 1. The van der Waals surface area contributed by atoms with Crippen LogP contribution in [-0.4, -0.2) is 29.6 Å². The first-order valence-electron chi connectivity index (χ1n) is 11.6. The van der Waals surface area contributed by atoms with Gasteiger partial charge >= 0.3 is 0 Å². The molecule has 0 saturated heterocycles. The number of allylic oxidation sites excluding steroid dienone is 4. The molecule has 2 heterocycles. The number of para-hydroxylation sites is 1. The molecule has 178 valence electrons. The second kappa shape index (κ2) is 8.24. The molecule has 0 saturated carbocycles. The Kier molecular flexibility index (Phi) is 5.44. The van der Waals surface area contributed by atoms with Gasteiger partial charge in [-0.1, -0.05) is 57.0 Å². The van der Waals surface area contributed by atoms with Crippen molar-refractivity contribution in [1.82, 2.24) is 0 Å². The van der Waals surface area contributed by atoms with Crippen molar-refractivity contribution < 1.29 is 14.7 Å². The van der Waals surface area contributed by atoms with Crippen LogP contribution in [0.5, 0.6) is 0 Å². The number of carbonyl (C=O) groups excluding carboxylic acids is 2. The van der Waals surface area contributed by atoms with Gasteiger partial charge in [0.2, 0.25) is 5.78 Å². The maximum atomic E-state index is 13.3. The zero-order chi connectivity index (χ0) is 25.1. The summed E-state index contributed by atoms with van der Waals surface area (Å²) in [5.74, 6) is -0.917. The number of likely N-dealkylation sites (N-methyl/N-ethyl adjacent to an activating group) is 1. The molecule has 3 aliphatic rings. The SMILES string of the molecule is CCCC1=NN(c2ccccc2)C(=O)C1=C1C(=O)C(C=C2N(C)c3ccc(Cl)cc3C2(C)C)=C1O. The minimum Gasteiger partial charge on any atom is -0.506 e. The minimum atomic E-state index is -0.423. The number of anilines is 2. The first-order chi connectivity index (χ1) is 16.7. The number of hydrogen-bond acceptors (Lipinski definition) is 5. The first kappa shape index (κ1) is 23.1.